The Morgan fingerprint density at radius 1 is 1.17 bits per heavy atom. The maximum Gasteiger partial charge on any atom is 0.120 e. The van der Waals surface area contributed by atoms with Gasteiger partial charge in [0.25, 0.3) is 0 Å². The maximum atomic E-state index is 11.0. The molecule has 1 unspecified atom stereocenters. The number of carbonyl (C=O) groups excluding carboxylic acids is 1. The fraction of sp³-hybridized carbons (Fsp3) is 0.588. The summed E-state index contributed by atoms with van der Waals surface area (Å²) < 4.78 is 0. The lowest BCUT2D eigenvalue weighted by atomic mass is 9.75. The van der Waals surface area contributed by atoms with Gasteiger partial charge in [0, 0.05) is 6.42 Å². The Bertz CT molecular complexity index is 360. The Balaban J connectivity index is 2.13. The molecule has 0 N–H and O–H groups in total. The fourth-order valence-electron chi connectivity index (χ4n) is 3.24. The lowest BCUT2D eigenvalue weighted by Gasteiger charge is -2.29. The van der Waals surface area contributed by atoms with Crippen LogP contribution < -0.4 is 0 Å². The number of aldehydes is 1. The van der Waals surface area contributed by atoms with E-state index in [1.165, 1.54) is 43.2 Å². The standard InChI is InChI=1S/C17H24O/c1-2-14-8-10-16(11-9-14)17(12-13-18)15-6-4-3-5-7-15/h8-11,13,15,17H,2-7,12H2,1H3. The van der Waals surface area contributed by atoms with Crippen LogP contribution in [0.4, 0.5) is 0 Å². The van der Waals surface area contributed by atoms with Gasteiger partial charge in [0.1, 0.15) is 6.29 Å². The van der Waals surface area contributed by atoms with Crippen molar-refractivity contribution in [2.45, 2.75) is 57.8 Å². The van der Waals surface area contributed by atoms with Crippen LogP contribution in [0, 0.1) is 5.92 Å². The van der Waals surface area contributed by atoms with E-state index in [0.29, 0.717) is 12.3 Å². The van der Waals surface area contributed by atoms with Gasteiger partial charge in [-0.25, -0.2) is 0 Å². The lowest BCUT2D eigenvalue weighted by Crippen LogP contribution is -2.17. The van der Waals surface area contributed by atoms with Gasteiger partial charge in [0.2, 0.25) is 0 Å². The average Bonchev–Trinajstić information content (AvgIpc) is 2.46. The first-order chi connectivity index (χ1) is 8.85. The molecule has 0 heterocycles. The first kappa shape index (κ1) is 13.3. The summed E-state index contributed by atoms with van der Waals surface area (Å²) >= 11 is 0. The van der Waals surface area contributed by atoms with Crippen LogP contribution in [0.3, 0.4) is 0 Å². The van der Waals surface area contributed by atoms with Crippen molar-refractivity contribution in [3.05, 3.63) is 35.4 Å². The second-order valence-corrected chi connectivity index (χ2v) is 5.50. The smallest absolute Gasteiger partial charge is 0.120 e. The van der Waals surface area contributed by atoms with Gasteiger partial charge in [-0.3, -0.25) is 0 Å². The van der Waals surface area contributed by atoms with Crippen LogP contribution in [0.5, 0.6) is 0 Å². The molecule has 98 valence electrons. The van der Waals surface area contributed by atoms with Crippen molar-refractivity contribution >= 4 is 6.29 Å². The highest BCUT2D eigenvalue weighted by molar-refractivity contribution is 5.52. The third-order valence-corrected chi connectivity index (χ3v) is 4.39. The normalized spacial score (nSPS) is 18.5. The zero-order valence-corrected chi connectivity index (χ0v) is 11.4. The second kappa shape index (κ2) is 6.72. The predicted octanol–water partition coefficient (Wildman–Crippen LogP) is 4.50. The van der Waals surface area contributed by atoms with Crippen LogP contribution in [-0.4, -0.2) is 6.29 Å². The first-order valence-electron chi connectivity index (χ1n) is 7.37. The lowest BCUT2D eigenvalue weighted by molar-refractivity contribution is -0.108. The van der Waals surface area contributed by atoms with Crippen LogP contribution >= 0.6 is 0 Å². The quantitative estimate of drug-likeness (QED) is 0.697. The molecule has 0 bridgehead atoms. The maximum absolute atomic E-state index is 11.0. The van der Waals surface area contributed by atoms with E-state index in [1.54, 1.807) is 0 Å². The zero-order valence-electron chi connectivity index (χ0n) is 11.4. The number of benzene rings is 1. The number of aryl methyl sites for hydroxylation is 1. The van der Waals surface area contributed by atoms with E-state index in [4.69, 9.17) is 0 Å². The Kier molecular flexibility index (Phi) is 4.98. The molecule has 1 saturated carbocycles. The molecule has 18 heavy (non-hydrogen) atoms. The summed E-state index contributed by atoms with van der Waals surface area (Å²) in [4.78, 5) is 11.0. The SMILES string of the molecule is CCc1ccc(C(CC=O)C2CCCCC2)cc1. The summed E-state index contributed by atoms with van der Waals surface area (Å²) in [5.74, 6) is 1.17. The zero-order chi connectivity index (χ0) is 12.8. The molecule has 0 aliphatic heterocycles. The highest BCUT2D eigenvalue weighted by Crippen LogP contribution is 2.37. The van der Waals surface area contributed by atoms with E-state index in [0.717, 1.165) is 18.6 Å². The molecule has 1 aliphatic carbocycles. The van der Waals surface area contributed by atoms with E-state index >= 15 is 0 Å². The van der Waals surface area contributed by atoms with E-state index in [9.17, 15) is 4.79 Å². The molecule has 0 amide bonds. The fourth-order valence-corrected chi connectivity index (χ4v) is 3.24. The van der Waals surface area contributed by atoms with Gasteiger partial charge in [-0.1, -0.05) is 50.5 Å². The van der Waals surface area contributed by atoms with Crippen molar-refractivity contribution < 1.29 is 4.79 Å². The van der Waals surface area contributed by atoms with Gasteiger partial charge in [-0.2, -0.15) is 0 Å². The van der Waals surface area contributed by atoms with Crippen molar-refractivity contribution in [3.63, 3.8) is 0 Å². The molecule has 1 heteroatoms. The van der Waals surface area contributed by atoms with Gasteiger partial charge >= 0.3 is 0 Å². The van der Waals surface area contributed by atoms with E-state index < -0.39 is 0 Å². The average molecular weight is 244 g/mol. The van der Waals surface area contributed by atoms with Crippen LogP contribution in [-0.2, 0) is 11.2 Å². The van der Waals surface area contributed by atoms with Gasteiger partial charge in [-0.15, -0.1) is 0 Å². The summed E-state index contributed by atoms with van der Waals surface area (Å²) in [6, 6.07) is 8.91. The largest absolute Gasteiger partial charge is 0.303 e. The van der Waals surface area contributed by atoms with Crippen molar-refractivity contribution in [2.75, 3.05) is 0 Å². The highest BCUT2D eigenvalue weighted by Gasteiger charge is 2.24. The summed E-state index contributed by atoms with van der Waals surface area (Å²) in [5, 5.41) is 0. The van der Waals surface area contributed by atoms with Crippen LogP contribution in [0.25, 0.3) is 0 Å². The molecule has 0 saturated heterocycles. The molecule has 2 rings (SSSR count). The molecule has 1 aromatic rings. The van der Waals surface area contributed by atoms with Gasteiger partial charge in [0.15, 0.2) is 0 Å². The summed E-state index contributed by atoms with van der Waals surface area (Å²) in [5.41, 5.74) is 2.75. The van der Waals surface area contributed by atoms with Gasteiger partial charge < -0.3 is 4.79 Å². The number of carbonyl (C=O) groups is 1. The Hall–Kier alpha value is -1.11. The van der Waals surface area contributed by atoms with Gasteiger partial charge in [0.05, 0.1) is 0 Å². The molecule has 0 spiro atoms. The molecular formula is C17H24O. The van der Waals surface area contributed by atoms with E-state index in [1.807, 2.05) is 0 Å². The molecule has 0 aromatic heterocycles. The van der Waals surface area contributed by atoms with Crippen molar-refractivity contribution in [1.82, 2.24) is 0 Å². The van der Waals surface area contributed by atoms with Crippen LogP contribution in [0.1, 0.15) is 62.5 Å². The Labute approximate surface area is 111 Å². The topological polar surface area (TPSA) is 17.1 Å². The molecule has 1 aliphatic rings. The van der Waals surface area contributed by atoms with E-state index in [-0.39, 0.29) is 0 Å². The molecule has 1 fully saturated rings. The minimum Gasteiger partial charge on any atom is -0.303 e. The monoisotopic (exact) mass is 244 g/mol. The van der Waals surface area contributed by atoms with Crippen LogP contribution in [0.15, 0.2) is 24.3 Å². The molecular weight excluding hydrogens is 220 g/mol. The summed E-state index contributed by atoms with van der Waals surface area (Å²) in [6.07, 6.45) is 9.53. The number of rotatable bonds is 5. The molecule has 1 aromatic carbocycles. The van der Waals surface area contributed by atoms with Gasteiger partial charge in [-0.05, 0) is 42.2 Å². The minimum absolute atomic E-state index is 0.453. The second-order valence-electron chi connectivity index (χ2n) is 5.50. The van der Waals surface area contributed by atoms with E-state index in [2.05, 4.69) is 31.2 Å². The third-order valence-electron chi connectivity index (χ3n) is 4.39. The number of hydrogen-bond acceptors (Lipinski definition) is 1. The first-order valence-corrected chi connectivity index (χ1v) is 7.37. The van der Waals surface area contributed by atoms with Crippen molar-refractivity contribution in [3.8, 4) is 0 Å². The van der Waals surface area contributed by atoms with Crippen molar-refractivity contribution in [1.29, 1.82) is 0 Å². The predicted molar refractivity (Wildman–Crippen MR) is 75.8 cm³/mol. The molecule has 1 nitrogen and oxygen atoms in total. The Morgan fingerprint density at radius 2 is 1.83 bits per heavy atom. The number of hydrogen-bond donors (Lipinski definition) is 0. The highest BCUT2D eigenvalue weighted by atomic mass is 16.1. The Morgan fingerprint density at radius 3 is 2.39 bits per heavy atom. The van der Waals surface area contributed by atoms with Crippen molar-refractivity contribution in [2.24, 2.45) is 5.92 Å². The van der Waals surface area contributed by atoms with Crippen LogP contribution in [0.2, 0.25) is 0 Å². The third kappa shape index (κ3) is 3.22. The molecule has 1 atom stereocenters. The summed E-state index contributed by atoms with van der Waals surface area (Å²) in [7, 11) is 0. The summed E-state index contributed by atoms with van der Waals surface area (Å²) in [6.45, 7) is 2.18. The molecule has 0 radical (unpaired) electrons. The minimum atomic E-state index is 0.453.